The zero-order valence-electron chi connectivity index (χ0n) is 20.4. The number of sulfone groups is 2. The zero-order valence-corrected chi connectivity index (χ0v) is 23.7. The molecule has 2 aliphatic rings. The van der Waals surface area contributed by atoms with Gasteiger partial charge < -0.3 is 0 Å². The Balaban J connectivity index is 1.39. The fourth-order valence-electron chi connectivity index (χ4n) is 4.09. The number of imide groups is 2. The van der Waals surface area contributed by atoms with Crippen LogP contribution in [0.25, 0.3) is 0 Å². The van der Waals surface area contributed by atoms with E-state index in [0.717, 1.165) is 43.9 Å². The minimum absolute atomic E-state index is 0.0135. The van der Waals surface area contributed by atoms with E-state index in [1.807, 2.05) is 0 Å². The lowest BCUT2D eigenvalue weighted by molar-refractivity contribution is 0.0640. The Labute approximate surface area is 228 Å². The lowest BCUT2D eigenvalue weighted by atomic mass is 10.1. The molecule has 0 aliphatic carbocycles. The first-order chi connectivity index (χ1) is 17.8. The molecule has 0 saturated carbocycles. The van der Waals surface area contributed by atoms with Crippen molar-refractivity contribution in [2.24, 2.45) is 0 Å². The molecule has 0 saturated heterocycles. The monoisotopic (exact) mass is 596 g/mol. The van der Waals surface area contributed by atoms with Crippen molar-refractivity contribution < 1.29 is 36.0 Å². The van der Waals surface area contributed by atoms with Crippen LogP contribution in [0.4, 0.5) is 0 Å². The summed E-state index contributed by atoms with van der Waals surface area (Å²) in [5, 5.41) is -2.15. The van der Waals surface area contributed by atoms with Crippen LogP contribution in [0, 0.1) is 0 Å². The molecule has 14 heteroatoms. The van der Waals surface area contributed by atoms with Crippen molar-refractivity contribution in [1.82, 2.24) is 9.80 Å². The largest absolute Gasteiger partial charge is 0.273 e. The smallest absolute Gasteiger partial charge is 0.261 e. The summed E-state index contributed by atoms with van der Waals surface area (Å²) in [6.07, 6.45) is 2.03. The molecule has 4 rings (SSSR count). The summed E-state index contributed by atoms with van der Waals surface area (Å²) in [6.45, 7) is -0.660. The van der Waals surface area contributed by atoms with Gasteiger partial charge in [-0.1, -0.05) is 45.9 Å². The molecule has 2 aliphatic heterocycles. The number of hydrogen-bond acceptors (Lipinski definition) is 10. The molecular weight excluding hydrogens is 573 g/mol. The van der Waals surface area contributed by atoms with Gasteiger partial charge in [-0.05, 0) is 24.3 Å². The van der Waals surface area contributed by atoms with Crippen LogP contribution in [0.2, 0.25) is 0 Å². The number of carbonyl (C=O) groups is 4. The first kappa shape index (κ1) is 28.3. The van der Waals surface area contributed by atoms with Crippen molar-refractivity contribution in [3.8, 4) is 0 Å². The van der Waals surface area contributed by atoms with Crippen LogP contribution < -0.4 is 0 Å². The summed E-state index contributed by atoms with van der Waals surface area (Å²) >= 11 is 0. The SMILES string of the molecule is CS(=O)(=O)C(CSSCC(CN1C(=O)c2ccccc2C1=O)S(C)(=O)=O)CN1C(=O)c2ccccc2C1=O. The van der Waals surface area contributed by atoms with Gasteiger partial charge in [-0.25, -0.2) is 16.8 Å². The maximum atomic E-state index is 12.7. The molecule has 0 radical (unpaired) electrons. The van der Waals surface area contributed by atoms with E-state index >= 15 is 0 Å². The fourth-order valence-corrected chi connectivity index (χ4v) is 10.1. The summed E-state index contributed by atoms with van der Waals surface area (Å²) in [4.78, 5) is 52.5. The van der Waals surface area contributed by atoms with Crippen molar-refractivity contribution >= 4 is 64.9 Å². The van der Waals surface area contributed by atoms with Crippen LogP contribution in [-0.2, 0) is 19.7 Å². The summed E-state index contributed by atoms with van der Waals surface area (Å²) in [7, 11) is -5.18. The average molecular weight is 597 g/mol. The Hall–Kier alpha value is -2.68. The normalized spacial score (nSPS) is 17.1. The van der Waals surface area contributed by atoms with E-state index < -0.39 is 53.8 Å². The van der Waals surface area contributed by atoms with Gasteiger partial charge >= 0.3 is 0 Å². The van der Waals surface area contributed by atoms with Crippen LogP contribution >= 0.6 is 21.6 Å². The molecule has 0 fully saturated rings. The predicted octanol–water partition coefficient (Wildman–Crippen LogP) is 1.79. The van der Waals surface area contributed by atoms with Crippen LogP contribution in [-0.4, -0.2) is 97.9 Å². The Kier molecular flexibility index (Phi) is 8.07. The molecule has 202 valence electrons. The maximum absolute atomic E-state index is 12.7. The van der Waals surface area contributed by atoms with Crippen LogP contribution in [0.15, 0.2) is 48.5 Å². The molecule has 0 N–H and O–H groups in total. The van der Waals surface area contributed by atoms with Crippen LogP contribution in [0.5, 0.6) is 0 Å². The van der Waals surface area contributed by atoms with Gasteiger partial charge in [-0.2, -0.15) is 0 Å². The molecule has 38 heavy (non-hydrogen) atoms. The van der Waals surface area contributed by atoms with E-state index in [0.29, 0.717) is 0 Å². The molecule has 2 heterocycles. The predicted molar refractivity (Wildman–Crippen MR) is 146 cm³/mol. The Morgan fingerprint density at radius 1 is 0.579 bits per heavy atom. The Bertz CT molecular complexity index is 1350. The molecule has 4 amide bonds. The quantitative estimate of drug-likeness (QED) is 0.214. The molecule has 2 unspecified atom stereocenters. The summed E-state index contributed by atoms with van der Waals surface area (Å²) in [5.41, 5.74) is 0.874. The van der Waals surface area contributed by atoms with Crippen molar-refractivity contribution in [3.05, 3.63) is 70.8 Å². The standard InChI is InChI=1S/C24H24N2O8S4/c1-37(31,32)15(11-25-21(27)17-7-3-4-8-18(17)22(25)28)13-35-36-14-16(38(2,33)34)12-26-23(29)19-9-5-6-10-20(19)24(26)30/h3-10,15-16H,11-14H2,1-2H3. The minimum atomic E-state index is -3.68. The highest BCUT2D eigenvalue weighted by molar-refractivity contribution is 8.76. The van der Waals surface area contributed by atoms with Gasteiger partial charge in [0.1, 0.15) is 0 Å². The third-order valence-corrected chi connectivity index (χ3v) is 12.4. The van der Waals surface area contributed by atoms with Crippen molar-refractivity contribution in [3.63, 3.8) is 0 Å². The first-order valence-corrected chi connectivity index (χ1v) is 17.7. The second-order valence-corrected chi connectivity index (χ2v) is 16.2. The molecule has 2 atom stereocenters. The lowest BCUT2D eigenvalue weighted by Gasteiger charge is -2.22. The van der Waals surface area contributed by atoms with Gasteiger partial charge in [0.15, 0.2) is 19.7 Å². The average Bonchev–Trinajstić information content (AvgIpc) is 3.24. The number of amides is 4. The van der Waals surface area contributed by atoms with Gasteiger partial charge in [0.05, 0.1) is 32.8 Å². The number of carbonyl (C=O) groups excluding carboxylic acids is 4. The first-order valence-electron chi connectivity index (χ1n) is 11.3. The third-order valence-electron chi connectivity index (χ3n) is 6.33. The third kappa shape index (κ3) is 5.67. The van der Waals surface area contributed by atoms with E-state index in [-0.39, 0.29) is 46.8 Å². The second kappa shape index (κ2) is 10.8. The zero-order chi connectivity index (χ0) is 27.8. The van der Waals surface area contributed by atoms with Gasteiger partial charge in [-0.15, -0.1) is 0 Å². The van der Waals surface area contributed by atoms with E-state index in [9.17, 15) is 36.0 Å². The van der Waals surface area contributed by atoms with Crippen LogP contribution in [0.3, 0.4) is 0 Å². The van der Waals surface area contributed by atoms with E-state index in [4.69, 9.17) is 0 Å². The van der Waals surface area contributed by atoms with Gasteiger partial charge in [0.25, 0.3) is 23.6 Å². The van der Waals surface area contributed by atoms with Crippen molar-refractivity contribution in [2.45, 2.75) is 10.5 Å². The number of fused-ring (bicyclic) bond motifs is 2. The highest BCUT2D eigenvalue weighted by atomic mass is 33.1. The van der Waals surface area contributed by atoms with Gasteiger partial charge in [-0.3, -0.25) is 29.0 Å². The number of rotatable bonds is 11. The molecule has 10 nitrogen and oxygen atoms in total. The summed E-state index contributed by atoms with van der Waals surface area (Å²) in [5.74, 6) is -2.27. The fraction of sp³-hybridized carbons (Fsp3) is 0.333. The minimum Gasteiger partial charge on any atom is -0.273 e. The Morgan fingerprint density at radius 3 is 1.08 bits per heavy atom. The number of hydrogen-bond donors (Lipinski definition) is 0. The second-order valence-electron chi connectivity index (χ2n) is 9.01. The molecular formula is C24H24N2O8S4. The van der Waals surface area contributed by atoms with Crippen molar-refractivity contribution in [2.75, 3.05) is 37.1 Å². The van der Waals surface area contributed by atoms with Gasteiger partial charge in [0.2, 0.25) is 0 Å². The summed E-state index contributed by atoms with van der Waals surface area (Å²) < 4.78 is 49.8. The van der Waals surface area contributed by atoms with E-state index in [2.05, 4.69) is 0 Å². The topological polar surface area (TPSA) is 143 Å². The number of nitrogens with zero attached hydrogens (tertiary/aromatic N) is 2. The molecule has 0 bridgehead atoms. The molecule has 0 spiro atoms. The highest BCUT2D eigenvalue weighted by Gasteiger charge is 2.40. The van der Waals surface area contributed by atoms with Crippen LogP contribution in [0.1, 0.15) is 41.4 Å². The van der Waals surface area contributed by atoms with E-state index in [1.165, 1.54) is 24.3 Å². The molecule has 0 aromatic heterocycles. The molecule has 2 aromatic carbocycles. The van der Waals surface area contributed by atoms with E-state index in [1.54, 1.807) is 24.3 Å². The van der Waals surface area contributed by atoms with Gasteiger partial charge in [0, 0.05) is 37.1 Å². The maximum Gasteiger partial charge on any atom is 0.261 e. The Morgan fingerprint density at radius 2 is 0.842 bits per heavy atom. The lowest BCUT2D eigenvalue weighted by Crippen LogP contribution is -2.41. The number of benzene rings is 2. The molecule has 2 aromatic rings. The highest BCUT2D eigenvalue weighted by Crippen LogP contribution is 2.30. The summed E-state index contributed by atoms with van der Waals surface area (Å²) in [6, 6.07) is 12.5. The van der Waals surface area contributed by atoms with Crippen molar-refractivity contribution in [1.29, 1.82) is 0 Å².